The number of rotatable bonds is 6. The highest BCUT2D eigenvalue weighted by molar-refractivity contribution is 5.52. The molecule has 6 heteroatoms. The van der Waals surface area contributed by atoms with Crippen LogP contribution in [0.3, 0.4) is 0 Å². The number of alkyl halides is 1. The fraction of sp³-hybridized carbons (Fsp3) is 0.381. The number of aryl methyl sites for hydroxylation is 1. The van der Waals surface area contributed by atoms with E-state index in [1.54, 1.807) is 24.5 Å². The second kappa shape index (κ2) is 7.96. The summed E-state index contributed by atoms with van der Waals surface area (Å²) in [6.07, 6.45) is 6.53. The second-order valence-corrected chi connectivity index (χ2v) is 7.09. The van der Waals surface area contributed by atoms with Crippen molar-refractivity contribution in [3.05, 3.63) is 66.3 Å². The van der Waals surface area contributed by atoms with E-state index in [1.807, 2.05) is 6.07 Å². The van der Waals surface area contributed by atoms with Crippen molar-refractivity contribution in [2.75, 3.05) is 19.6 Å². The molecule has 0 aliphatic carbocycles. The van der Waals surface area contributed by atoms with Crippen LogP contribution in [0.25, 0.3) is 11.4 Å². The van der Waals surface area contributed by atoms with Crippen LogP contribution in [-0.4, -0.2) is 39.7 Å². The van der Waals surface area contributed by atoms with Gasteiger partial charge in [-0.25, -0.2) is 4.39 Å². The lowest BCUT2D eigenvalue weighted by Gasteiger charge is -2.35. The number of hydrogen-bond donors (Lipinski definition) is 0. The summed E-state index contributed by atoms with van der Waals surface area (Å²) < 4.78 is 20.9. The van der Waals surface area contributed by atoms with Crippen molar-refractivity contribution in [2.24, 2.45) is 0 Å². The Morgan fingerprint density at radius 1 is 1.11 bits per heavy atom. The summed E-state index contributed by atoms with van der Waals surface area (Å²) in [5.74, 6) is 0.493. The first kappa shape index (κ1) is 17.8. The third-order valence-electron chi connectivity index (χ3n) is 5.05. The molecule has 1 atom stereocenters. The largest absolute Gasteiger partial charge is 0.335 e. The highest BCUT2D eigenvalue weighted by Gasteiger charge is 2.42. The number of piperidine rings is 1. The van der Waals surface area contributed by atoms with Crippen molar-refractivity contribution >= 4 is 0 Å². The molecule has 0 saturated carbocycles. The molecular weight excluding hydrogens is 343 g/mol. The third-order valence-corrected chi connectivity index (χ3v) is 5.05. The van der Waals surface area contributed by atoms with Gasteiger partial charge in [-0.2, -0.15) is 4.98 Å². The van der Waals surface area contributed by atoms with Gasteiger partial charge in [-0.1, -0.05) is 35.5 Å². The van der Waals surface area contributed by atoms with Gasteiger partial charge in [0, 0.05) is 24.5 Å². The summed E-state index contributed by atoms with van der Waals surface area (Å²) in [4.78, 5) is 10.5. The van der Waals surface area contributed by atoms with Gasteiger partial charge in [0.1, 0.15) is 0 Å². The van der Waals surface area contributed by atoms with Gasteiger partial charge in [0.2, 0.25) is 11.5 Å². The van der Waals surface area contributed by atoms with E-state index in [0.717, 1.165) is 37.9 Å². The number of hydrogen-bond acceptors (Lipinski definition) is 5. The number of halogens is 1. The van der Waals surface area contributed by atoms with Gasteiger partial charge in [0.25, 0.3) is 5.89 Å². The normalized spacial score (nSPS) is 20.6. The lowest BCUT2D eigenvalue weighted by Crippen LogP contribution is -2.44. The van der Waals surface area contributed by atoms with E-state index in [9.17, 15) is 0 Å². The maximum atomic E-state index is 15.6. The Morgan fingerprint density at radius 3 is 2.74 bits per heavy atom. The van der Waals surface area contributed by atoms with E-state index in [4.69, 9.17) is 4.52 Å². The van der Waals surface area contributed by atoms with E-state index in [1.165, 1.54) is 5.56 Å². The average Bonchev–Trinajstić information content (AvgIpc) is 3.21. The van der Waals surface area contributed by atoms with E-state index in [2.05, 4.69) is 44.3 Å². The van der Waals surface area contributed by atoms with Gasteiger partial charge in [-0.3, -0.25) is 9.88 Å². The Morgan fingerprint density at radius 2 is 1.93 bits per heavy atom. The molecule has 0 N–H and O–H groups in total. The van der Waals surface area contributed by atoms with Gasteiger partial charge < -0.3 is 4.52 Å². The highest BCUT2D eigenvalue weighted by Crippen LogP contribution is 2.35. The molecular formula is C21H23FN4O. The van der Waals surface area contributed by atoms with Gasteiger partial charge in [0.05, 0.1) is 0 Å². The maximum Gasteiger partial charge on any atom is 0.265 e. The first-order valence-electron chi connectivity index (χ1n) is 9.43. The molecule has 0 bridgehead atoms. The van der Waals surface area contributed by atoms with E-state index in [0.29, 0.717) is 18.8 Å². The number of benzene rings is 1. The summed E-state index contributed by atoms with van der Waals surface area (Å²) in [5.41, 5.74) is 0.516. The lowest BCUT2D eigenvalue weighted by atomic mass is 9.94. The molecule has 0 radical (unpaired) electrons. The summed E-state index contributed by atoms with van der Waals surface area (Å²) >= 11 is 0. The predicted molar refractivity (Wildman–Crippen MR) is 101 cm³/mol. The van der Waals surface area contributed by atoms with Crippen molar-refractivity contribution in [2.45, 2.75) is 31.4 Å². The van der Waals surface area contributed by atoms with Crippen molar-refractivity contribution < 1.29 is 8.91 Å². The number of aromatic nitrogens is 3. The van der Waals surface area contributed by atoms with Crippen molar-refractivity contribution in [1.82, 2.24) is 20.0 Å². The third kappa shape index (κ3) is 4.22. The molecule has 1 saturated heterocycles. The van der Waals surface area contributed by atoms with Crippen molar-refractivity contribution in [3.63, 3.8) is 0 Å². The van der Waals surface area contributed by atoms with Crippen LogP contribution in [0, 0.1) is 0 Å². The predicted octanol–water partition coefficient (Wildman–Crippen LogP) is 4.03. The monoisotopic (exact) mass is 366 g/mol. The SMILES string of the molecule is FC1(c2nc(-c3ccncc3)no2)CCCN(CCCc2ccccc2)C1. The molecule has 1 aliphatic rings. The molecule has 27 heavy (non-hydrogen) atoms. The van der Waals surface area contributed by atoms with Crippen LogP contribution in [0.1, 0.15) is 30.7 Å². The second-order valence-electron chi connectivity index (χ2n) is 7.09. The van der Waals surface area contributed by atoms with Crippen molar-refractivity contribution in [1.29, 1.82) is 0 Å². The highest BCUT2D eigenvalue weighted by atomic mass is 19.1. The summed E-state index contributed by atoms with van der Waals surface area (Å²) in [6.45, 7) is 2.08. The van der Waals surface area contributed by atoms with Gasteiger partial charge in [-0.15, -0.1) is 0 Å². The number of likely N-dealkylation sites (tertiary alicyclic amines) is 1. The fourth-order valence-electron chi connectivity index (χ4n) is 3.64. The molecule has 2 aromatic heterocycles. The maximum absolute atomic E-state index is 15.6. The van der Waals surface area contributed by atoms with Crippen LogP contribution in [0.5, 0.6) is 0 Å². The van der Waals surface area contributed by atoms with Crippen LogP contribution in [0.4, 0.5) is 4.39 Å². The Kier molecular flexibility index (Phi) is 5.25. The molecule has 140 valence electrons. The molecule has 1 aliphatic heterocycles. The molecule has 4 rings (SSSR count). The summed E-state index contributed by atoms with van der Waals surface area (Å²) in [6, 6.07) is 14.0. The van der Waals surface area contributed by atoms with Crippen molar-refractivity contribution in [3.8, 4) is 11.4 Å². The zero-order chi connectivity index (χ0) is 18.5. The summed E-state index contributed by atoms with van der Waals surface area (Å²) in [5, 5.41) is 3.96. The number of nitrogens with zero attached hydrogens (tertiary/aromatic N) is 4. The Hall–Kier alpha value is -2.60. The van der Waals surface area contributed by atoms with Crippen LogP contribution in [0.15, 0.2) is 59.4 Å². The average molecular weight is 366 g/mol. The van der Waals surface area contributed by atoms with Gasteiger partial charge in [-0.05, 0) is 56.5 Å². The molecule has 1 unspecified atom stereocenters. The molecule has 1 fully saturated rings. The van der Waals surface area contributed by atoms with Crippen LogP contribution in [-0.2, 0) is 12.1 Å². The minimum atomic E-state index is -1.58. The Labute approximate surface area is 158 Å². The molecule has 3 aromatic rings. The molecule has 0 amide bonds. The smallest absolute Gasteiger partial charge is 0.265 e. The minimum Gasteiger partial charge on any atom is -0.335 e. The topological polar surface area (TPSA) is 55.1 Å². The summed E-state index contributed by atoms with van der Waals surface area (Å²) in [7, 11) is 0. The van der Waals surface area contributed by atoms with E-state index < -0.39 is 5.67 Å². The van der Waals surface area contributed by atoms with E-state index in [-0.39, 0.29) is 5.89 Å². The molecule has 5 nitrogen and oxygen atoms in total. The van der Waals surface area contributed by atoms with E-state index >= 15 is 4.39 Å². The van der Waals surface area contributed by atoms with Gasteiger partial charge in [0.15, 0.2) is 0 Å². The first-order chi connectivity index (χ1) is 13.2. The number of pyridine rings is 1. The Balaban J connectivity index is 1.38. The molecule has 3 heterocycles. The van der Waals surface area contributed by atoms with Crippen LogP contribution >= 0.6 is 0 Å². The zero-order valence-corrected chi connectivity index (χ0v) is 15.2. The molecule has 1 aromatic carbocycles. The van der Waals surface area contributed by atoms with Crippen LogP contribution < -0.4 is 0 Å². The lowest BCUT2D eigenvalue weighted by molar-refractivity contribution is 0.0154. The zero-order valence-electron chi connectivity index (χ0n) is 15.2. The Bertz CT molecular complexity index is 855. The standard InChI is InChI=1S/C21H23FN4O/c22-21(20-24-19(25-27-20)18-9-12-23-13-10-18)11-5-15-26(16-21)14-4-8-17-6-2-1-3-7-17/h1-3,6-7,9-10,12-13H,4-5,8,11,14-16H2. The van der Waals surface area contributed by atoms with Crippen LogP contribution in [0.2, 0.25) is 0 Å². The first-order valence-corrected chi connectivity index (χ1v) is 9.43. The fourth-order valence-corrected chi connectivity index (χ4v) is 3.64. The van der Waals surface area contributed by atoms with Gasteiger partial charge >= 0.3 is 0 Å². The minimum absolute atomic E-state index is 0.0853. The quantitative estimate of drug-likeness (QED) is 0.659. The molecule has 0 spiro atoms.